The minimum atomic E-state index is 0.288. The van der Waals surface area contributed by atoms with Gasteiger partial charge < -0.3 is 14.4 Å². The van der Waals surface area contributed by atoms with Crippen LogP contribution in [-0.2, 0) is 4.74 Å². The average molecular weight is 392 g/mol. The van der Waals surface area contributed by atoms with Crippen LogP contribution in [-0.4, -0.2) is 43.2 Å². The van der Waals surface area contributed by atoms with Gasteiger partial charge in [0.2, 0.25) is 0 Å². The molecule has 4 heteroatoms. The number of piperidine rings is 1. The van der Waals surface area contributed by atoms with Gasteiger partial charge in [-0.3, -0.25) is 0 Å². The molecule has 152 valence electrons. The van der Waals surface area contributed by atoms with Gasteiger partial charge in [-0.2, -0.15) is 0 Å². The van der Waals surface area contributed by atoms with E-state index in [0.717, 1.165) is 18.8 Å². The van der Waals surface area contributed by atoms with Crippen molar-refractivity contribution < 1.29 is 9.47 Å². The van der Waals surface area contributed by atoms with E-state index in [-0.39, 0.29) is 5.44 Å². The van der Waals surface area contributed by atoms with Crippen molar-refractivity contribution in [3.05, 3.63) is 24.3 Å². The van der Waals surface area contributed by atoms with Crippen LogP contribution >= 0.6 is 11.8 Å². The summed E-state index contributed by atoms with van der Waals surface area (Å²) in [5.41, 5.74) is 0.288. The SMILES string of the molecule is CCCCCC1OC(Sc2cccc(OCC3CCN(C)CC3)c2)C[C@H]1C. The highest BCUT2D eigenvalue weighted by molar-refractivity contribution is 7.99. The Morgan fingerprint density at radius 2 is 2.04 bits per heavy atom. The normalized spacial score (nSPS) is 27.1. The molecule has 1 aromatic carbocycles. The smallest absolute Gasteiger partial charge is 0.120 e. The standard InChI is InChI=1S/C23H37NO2S/c1-4-5-6-10-22-18(2)15-23(26-22)27-21-9-7-8-20(16-21)25-17-19-11-13-24(3)14-12-19/h7-9,16,18-19,22-23H,4-6,10-15,17H2,1-3H3/t18-,22?,23?/m1/s1. The zero-order valence-corrected chi connectivity index (χ0v) is 18.2. The molecular weight excluding hydrogens is 354 g/mol. The van der Waals surface area contributed by atoms with Gasteiger partial charge in [0.05, 0.1) is 12.7 Å². The molecule has 2 fully saturated rings. The first-order chi connectivity index (χ1) is 13.1. The molecule has 0 radical (unpaired) electrons. The second kappa shape index (κ2) is 10.7. The third kappa shape index (κ3) is 6.69. The first kappa shape index (κ1) is 21.0. The fourth-order valence-corrected chi connectivity index (χ4v) is 5.34. The number of nitrogens with zero attached hydrogens (tertiary/aromatic N) is 1. The van der Waals surface area contributed by atoms with Crippen molar-refractivity contribution >= 4 is 11.8 Å². The maximum atomic E-state index is 6.35. The van der Waals surface area contributed by atoms with Gasteiger partial charge in [-0.25, -0.2) is 0 Å². The molecule has 0 saturated carbocycles. The van der Waals surface area contributed by atoms with Gasteiger partial charge in [0.15, 0.2) is 0 Å². The fraction of sp³-hybridized carbons (Fsp3) is 0.739. The molecule has 2 heterocycles. The highest BCUT2D eigenvalue weighted by atomic mass is 32.2. The molecule has 3 rings (SSSR count). The lowest BCUT2D eigenvalue weighted by atomic mass is 9.98. The number of thioether (sulfide) groups is 1. The van der Waals surface area contributed by atoms with E-state index in [1.165, 1.54) is 56.5 Å². The Morgan fingerprint density at radius 3 is 2.81 bits per heavy atom. The van der Waals surface area contributed by atoms with Crippen molar-refractivity contribution in [1.82, 2.24) is 4.90 Å². The molecule has 0 aliphatic carbocycles. The van der Waals surface area contributed by atoms with Crippen LogP contribution in [0.5, 0.6) is 5.75 Å². The summed E-state index contributed by atoms with van der Waals surface area (Å²) in [5.74, 6) is 2.37. The topological polar surface area (TPSA) is 21.7 Å². The summed E-state index contributed by atoms with van der Waals surface area (Å²) in [4.78, 5) is 3.67. The highest BCUT2D eigenvalue weighted by Gasteiger charge is 2.32. The highest BCUT2D eigenvalue weighted by Crippen LogP contribution is 2.39. The molecule has 1 aromatic rings. The average Bonchev–Trinajstić information content (AvgIpc) is 3.01. The van der Waals surface area contributed by atoms with Crippen molar-refractivity contribution in [3.63, 3.8) is 0 Å². The van der Waals surface area contributed by atoms with Crippen molar-refractivity contribution in [2.45, 2.75) is 75.2 Å². The minimum absolute atomic E-state index is 0.288. The van der Waals surface area contributed by atoms with Gasteiger partial charge in [-0.05, 0) is 75.9 Å². The molecule has 3 nitrogen and oxygen atoms in total. The summed E-state index contributed by atoms with van der Waals surface area (Å²) in [6.07, 6.45) is 9.20. The van der Waals surface area contributed by atoms with Crippen LogP contribution in [0.3, 0.4) is 0 Å². The maximum absolute atomic E-state index is 6.35. The lowest BCUT2D eigenvalue weighted by Gasteiger charge is -2.28. The van der Waals surface area contributed by atoms with Crippen LogP contribution in [0.2, 0.25) is 0 Å². The minimum Gasteiger partial charge on any atom is -0.493 e. The number of ether oxygens (including phenoxy) is 2. The van der Waals surface area contributed by atoms with Crippen molar-refractivity contribution in [2.24, 2.45) is 11.8 Å². The Bertz CT molecular complexity index is 559. The summed E-state index contributed by atoms with van der Waals surface area (Å²) in [6, 6.07) is 8.58. The van der Waals surface area contributed by atoms with Crippen LogP contribution < -0.4 is 4.74 Å². The van der Waals surface area contributed by atoms with Crippen LogP contribution in [0.4, 0.5) is 0 Å². The zero-order valence-electron chi connectivity index (χ0n) is 17.4. The Hall–Kier alpha value is -0.710. The van der Waals surface area contributed by atoms with E-state index in [1.807, 2.05) is 11.8 Å². The first-order valence-electron chi connectivity index (χ1n) is 10.9. The van der Waals surface area contributed by atoms with Crippen LogP contribution in [0, 0.1) is 11.8 Å². The summed E-state index contributed by atoms with van der Waals surface area (Å²) in [6.45, 7) is 7.84. The lowest BCUT2D eigenvalue weighted by Crippen LogP contribution is -2.32. The van der Waals surface area contributed by atoms with E-state index in [2.05, 4.69) is 50.1 Å². The zero-order chi connectivity index (χ0) is 19.1. The Balaban J connectivity index is 1.45. The molecule has 3 atom stereocenters. The van der Waals surface area contributed by atoms with Gasteiger partial charge >= 0.3 is 0 Å². The van der Waals surface area contributed by atoms with E-state index in [9.17, 15) is 0 Å². The molecule has 0 spiro atoms. The predicted octanol–water partition coefficient (Wildman–Crippen LogP) is 5.83. The summed E-state index contributed by atoms with van der Waals surface area (Å²) >= 11 is 1.86. The molecule has 0 aromatic heterocycles. The van der Waals surface area contributed by atoms with E-state index >= 15 is 0 Å². The Labute approximate surface area is 170 Å². The summed E-state index contributed by atoms with van der Waals surface area (Å²) in [5, 5.41) is 0. The van der Waals surface area contributed by atoms with Crippen molar-refractivity contribution in [3.8, 4) is 5.75 Å². The van der Waals surface area contributed by atoms with Crippen LogP contribution in [0.15, 0.2) is 29.2 Å². The second-order valence-corrected chi connectivity index (χ2v) is 9.70. The number of hydrogen-bond acceptors (Lipinski definition) is 4. The van der Waals surface area contributed by atoms with Gasteiger partial charge in [0.25, 0.3) is 0 Å². The molecular formula is C23H37NO2S. The van der Waals surface area contributed by atoms with Crippen LogP contribution in [0.25, 0.3) is 0 Å². The van der Waals surface area contributed by atoms with Crippen molar-refractivity contribution in [2.75, 3.05) is 26.7 Å². The lowest BCUT2D eigenvalue weighted by molar-refractivity contribution is 0.0697. The molecule has 2 aliphatic rings. The number of hydrogen-bond donors (Lipinski definition) is 0. The summed E-state index contributed by atoms with van der Waals surface area (Å²) < 4.78 is 12.5. The maximum Gasteiger partial charge on any atom is 0.120 e. The number of likely N-dealkylation sites (tertiary alicyclic amines) is 1. The molecule has 0 amide bonds. The number of rotatable bonds is 9. The molecule has 2 aliphatic heterocycles. The number of unbranched alkanes of at least 4 members (excludes halogenated alkanes) is 2. The Morgan fingerprint density at radius 1 is 1.22 bits per heavy atom. The van der Waals surface area contributed by atoms with Gasteiger partial charge in [0, 0.05) is 4.90 Å². The quantitative estimate of drug-likeness (QED) is 0.494. The third-order valence-corrected chi connectivity index (χ3v) is 7.11. The van der Waals surface area contributed by atoms with E-state index < -0.39 is 0 Å². The first-order valence-corrected chi connectivity index (χ1v) is 11.8. The van der Waals surface area contributed by atoms with E-state index in [1.54, 1.807) is 0 Å². The molecule has 0 bridgehead atoms. The molecule has 27 heavy (non-hydrogen) atoms. The fourth-order valence-electron chi connectivity index (χ4n) is 4.10. The third-order valence-electron chi connectivity index (χ3n) is 6.01. The predicted molar refractivity (Wildman–Crippen MR) is 115 cm³/mol. The molecule has 2 unspecified atom stereocenters. The van der Waals surface area contributed by atoms with Gasteiger partial charge in [-0.15, -0.1) is 0 Å². The van der Waals surface area contributed by atoms with Crippen LogP contribution in [0.1, 0.15) is 58.8 Å². The van der Waals surface area contributed by atoms with E-state index in [4.69, 9.17) is 9.47 Å². The monoisotopic (exact) mass is 391 g/mol. The van der Waals surface area contributed by atoms with Gasteiger partial charge in [0.1, 0.15) is 11.2 Å². The number of benzene rings is 1. The molecule has 0 N–H and O–H groups in total. The van der Waals surface area contributed by atoms with Gasteiger partial charge in [-0.1, -0.05) is 50.9 Å². The van der Waals surface area contributed by atoms with Crippen molar-refractivity contribution in [1.29, 1.82) is 0 Å². The Kier molecular flexibility index (Phi) is 8.35. The molecule has 2 saturated heterocycles. The second-order valence-electron chi connectivity index (χ2n) is 8.46. The summed E-state index contributed by atoms with van der Waals surface area (Å²) in [7, 11) is 2.21. The van der Waals surface area contributed by atoms with E-state index in [0.29, 0.717) is 17.9 Å². The largest absolute Gasteiger partial charge is 0.493 e.